The molecule has 210 valence electrons. The van der Waals surface area contributed by atoms with Crippen LogP contribution in [0.4, 0.5) is 5.69 Å². The van der Waals surface area contributed by atoms with Gasteiger partial charge in [0.1, 0.15) is 23.8 Å². The molecule has 0 aliphatic heterocycles. The van der Waals surface area contributed by atoms with Gasteiger partial charge in [0.05, 0.1) is 34.6 Å². The van der Waals surface area contributed by atoms with E-state index in [1.165, 1.54) is 7.11 Å². The molecule has 7 nitrogen and oxygen atoms in total. The van der Waals surface area contributed by atoms with Gasteiger partial charge in [0.25, 0.3) is 0 Å². The number of hydrogen-bond donors (Lipinski definition) is 1. The van der Waals surface area contributed by atoms with Gasteiger partial charge in [-0.1, -0.05) is 49.2 Å². The lowest BCUT2D eigenvalue weighted by molar-refractivity contribution is 0.0695. The normalized spacial score (nSPS) is 11.1. The second-order valence-corrected chi connectivity index (χ2v) is 10.7. The van der Waals surface area contributed by atoms with E-state index in [1.807, 2.05) is 44.4 Å². The highest BCUT2D eigenvalue weighted by atomic mass is 35.5. The van der Waals surface area contributed by atoms with Crippen molar-refractivity contribution in [3.05, 3.63) is 98.8 Å². The third-order valence-corrected chi connectivity index (χ3v) is 7.50. The number of aryl methyl sites for hydroxylation is 1. The average molecular weight is 583 g/mol. The number of anilines is 1. The number of carbonyl (C=O) groups is 1. The standard InChI is InChI=1S/C31H33Cl2N3O4/c1-19(2)25-17-34-36(30-26(32)7-6-8-27(30)33)29(25)18-40-23-11-12-28(20(3)15-23)35(4)14-13-21-9-10-22(39-5)16-24(21)31(37)38/h6-12,15-17,19H,13-14,18H2,1-5H3,(H,37,38). The Bertz CT molecular complexity index is 1500. The number of aromatic nitrogens is 2. The first-order valence-electron chi connectivity index (χ1n) is 13.0. The van der Waals surface area contributed by atoms with E-state index in [9.17, 15) is 9.90 Å². The number of carboxylic acid groups (broad SMARTS) is 1. The number of benzene rings is 3. The topological polar surface area (TPSA) is 76.8 Å². The van der Waals surface area contributed by atoms with Gasteiger partial charge in [-0.3, -0.25) is 0 Å². The van der Waals surface area contributed by atoms with Crippen molar-refractivity contribution in [2.75, 3.05) is 25.6 Å². The van der Waals surface area contributed by atoms with Crippen LogP contribution in [-0.4, -0.2) is 41.6 Å². The van der Waals surface area contributed by atoms with Crippen LogP contribution in [0.3, 0.4) is 0 Å². The largest absolute Gasteiger partial charge is 0.497 e. The highest BCUT2D eigenvalue weighted by Crippen LogP contribution is 2.32. The monoisotopic (exact) mass is 581 g/mol. The molecule has 0 saturated heterocycles. The summed E-state index contributed by atoms with van der Waals surface area (Å²) in [5, 5.41) is 15.2. The Morgan fingerprint density at radius 3 is 2.40 bits per heavy atom. The third-order valence-electron chi connectivity index (χ3n) is 6.89. The van der Waals surface area contributed by atoms with Crippen LogP contribution in [0.5, 0.6) is 11.5 Å². The molecule has 1 heterocycles. The maximum Gasteiger partial charge on any atom is 0.336 e. The Hall–Kier alpha value is -3.68. The lowest BCUT2D eigenvalue weighted by atomic mass is 10.0. The Balaban J connectivity index is 1.49. The smallest absolute Gasteiger partial charge is 0.336 e. The number of hydrogen-bond acceptors (Lipinski definition) is 5. The van der Waals surface area contributed by atoms with Gasteiger partial charge in [-0.05, 0) is 78.4 Å². The Labute approximate surface area is 244 Å². The average Bonchev–Trinajstić information content (AvgIpc) is 3.34. The highest BCUT2D eigenvalue weighted by molar-refractivity contribution is 6.37. The van der Waals surface area contributed by atoms with Crippen molar-refractivity contribution in [2.24, 2.45) is 0 Å². The number of carboxylic acids is 1. The van der Waals surface area contributed by atoms with Crippen molar-refractivity contribution in [1.29, 1.82) is 0 Å². The molecule has 0 unspecified atom stereocenters. The quantitative estimate of drug-likeness (QED) is 0.197. The molecule has 0 saturated carbocycles. The summed E-state index contributed by atoms with van der Waals surface area (Å²) in [6.45, 7) is 7.18. The van der Waals surface area contributed by atoms with Gasteiger partial charge < -0.3 is 19.5 Å². The SMILES string of the molecule is COc1ccc(CCN(C)c2ccc(OCc3c(C(C)C)cnn3-c3c(Cl)cccc3Cl)cc2C)c(C(=O)O)c1. The number of para-hydroxylation sites is 1. The molecule has 0 amide bonds. The summed E-state index contributed by atoms with van der Waals surface area (Å²) in [7, 11) is 3.52. The second kappa shape index (κ2) is 12.7. The highest BCUT2D eigenvalue weighted by Gasteiger charge is 2.20. The van der Waals surface area contributed by atoms with Crippen LogP contribution in [0.1, 0.15) is 52.5 Å². The van der Waals surface area contributed by atoms with Gasteiger partial charge in [0, 0.05) is 19.3 Å². The van der Waals surface area contributed by atoms with Crippen LogP contribution < -0.4 is 14.4 Å². The molecule has 0 bridgehead atoms. The molecular formula is C31H33Cl2N3O4. The van der Waals surface area contributed by atoms with Gasteiger partial charge >= 0.3 is 5.97 Å². The summed E-state index contributed by atoms with van der Waals surface area (Å²) in [5.74, 6) is 0.525. The molecule has 3 aromatic carbocycles. The van der Waals surface area contributed by atoms with Crippen molar-refractivity contribution in [3.8, 4) is 17.2 Å². The molecule has 4 aromatic rings. The molecule has 1 aromatic heterocycles. The van der Waals surface area contributed by atoms with Gasteiger partial charge in [-0.15, -0.1) is 0 Å². The number of nitrogens with zero attached hydrogens (tertiary/aromatic N) is 3. The maximum absolute atomic E-state index is 11.7. The fourth-order valence-corrected chi connectivity index (χ4v) is 5.26. The van der Waals surface area contributed by atoms with Crippen LogP contribution >= 0.6 is 23.2 Å². The number of ether oxygens (including phenoxy) is 2. The predicted molar refractivity (Wildman–Crippen MR) is 160 cm³/mol. The number of likely N-dealkylation sites (N-methyl/N-ethyl adjacent to an activating group) is 1. The summed E-state index contributed by atoms with van der Waals surface area (Å²) < 4.78 is 13.2. The molecule has 0 radical (unpaired) electrons. The number of aromatic carboxylic acids is 1. The lowest BCUT2D eigenvalue weighted by Gasteiger charge is -2.23. The Morgan fingerprint density at radius 1 is 1.07 bits per heavy atom. The Morgan fingerprint density at radius 2 is 1.77 bits per heavy atom. The minimum Gasteiger partial charge on any atom is -0.497 e. The first-order chi connectivity index (χ1) is 19.1. The van der Waals surface area contributed by atoms with Crippen molar-refractivity contribution in [1.82, 2.24) is 9.78 Å². The lowest BCUT2D eigenvalue weighted by Crippen LogP contribution is -2.22. The first-order valence-corrected chi connectivity index (χ1v) is 13.7. The van der Waals surface area contributed by atoms with Crippen molar-refractivity contribution < 1.29 is 19.4 Å². The molecule has 4 rings (SSSR count). The molecule has 1 N–H and O–H groups in total. The minimum absolute atomic E-state index is 0.235. The zero-order chi connectivity index (χ0) is 29.0. The molecular weight excluding hydrogens is 549 g/mol. The van der Waals surface area contributed by atoms with Gasteiger partial charge in [0.2, 0.25) is 0 Å². The van der Waals surface area contributed by atoms with Crippen LogP contribution in [0.15, 0.2) is 60.8 Å². The predicted octanol–water partition coefficient (Wildman–Crippen LogP) is 7.58. The fraction of sp³-hybridized carbons (Fsp3) is 0.290. The van der Waals surface area contributed by atoms with E-state index in [1.54, 1.807) is 35.0 Å². The van der Waals surface area contributed by atoms with Crippen molar-refractivity contribution >= 4 is 34.9 Å². The zero-order valence-electron chi connectivity index (χ0n) is 23.2. The van der Waals surface area contributed by atoms with Gasteiger partial charge in [-0.2, -0.15) is 5.10 Å². The molecule has 0 aliphatic carbocycles. The van der Waals surface area contributed by atoms with E-state index in [0.29, 0.717) is 41.1 Å². The summed E-state index contributed by atoms with van der Waals surface area (Å²) in [6, 6.07) is 16.5. The Kier molecular flexibility index (Phi) is 9.28. The van der Waals surface area contributed by atoms with E-state index < -0.39 is 5.97 Å². The van der Waals surface area contributed by atoms with Gasteiger partial charge in [-0.25, -0.2) is 9.48 Å². The number of rotatable bonds is 11. The maximum atomic E-state index is 11.7. The van der Waals surface area contributed by atoms with Crippen LogP contribution in [0.2, 0.25) is 10.0 Å². The summed E-state index contributed by atoms with van der Waals surface area (Å²) >= 11 is 13.0. The van der Waals surface area contributed by atoms with E-state index >= 15 is 0 Å². The zero-order valence-corrected chi connectivity index (χ0v) is 24.8. The van der Waals surface area contributed by atoms with E-state index in [-0.39, 0.29) is 11.5 Å². The molecule has 0 fully saturated rings. The summed E-state index contributed by atoms with van der Waals surface area (Å²) in [5.41, 5.74) is 5.67. The van der Waals surface area contributed by atoms with Crippen LogP contribution in [0.25, 0.3) is 5.69 Å². The van der Waals surface area contributed by atoms with Crippen LogP contribution in [0, 0.1) is 6.92 Å². The van der Waals surface area contributed by atoms with Crippen LogP contribution in [-0.2, 0) is 13.0 Å². The molecule has 0 atom stereocenters. The van der Waals surface area contributed by atoms with Crippen molar-refractivity contribution in [2.45, 2.75) is 39.7 Å². The molecule has 0 aliphatic rings. The van der Waals surface area contributed by atoms with Gasteiger partial charge in [0.15, 0.2) is 0 Å². The molecule has 40 heavy (non-hydrogen) atoms. The number of halogens is 2. The summed E-state index contributed by atoms with van der Waals surface area (Å²) in [6.07, 6.45) is 2.41. The fourth-order valence-electron chi connectivity index (χ4n) is 4.70. The molecule has 0 spiro atoms. The van der Waals surface area contributed by atoms with E-state index in [0.717, 1.165) is 33.8 Å². The second-order valence-electron chi connectivity index (χ2n) is 9.92. The van der Waals surface area contributed by atoms with Crippen molar-refractivity contribution in [3.63, 3.8) is 0 Å². The third kappa shape index (κ3) is 6.37. The minimum atomic E-state index is -0.965. The molecule has 9 heteroatoms. The van der Waals surface area contributed by atoms with E-state index in [4.69, 9.17) is 32.7 Å². The summed E-state index contributed by atoms with van der Waals surface area (Å²) in [4.78, 5) is 13.8. The van der Waals surface area contributed by atoms with E-state index in [2.05, 4.69) is 23.8 Å². The first kappa shape index (κ1) is 29.3. The number of methoxy groups -OCH3 is 1.